The minimum Gasteiger partial charge on any atom is -0.345 e. The summed E-state index contributed by atoms with van der Waals surface area (Å²) < 4.78 is 0.760. The molecule has 0 spiro atoms. The minimum absolute atomic E-state index is 0.0444. The van der Waals surface area contributed by atoms with Crippen molar-refractivity contribution in [2.75, 3.05) is 35.2 Å². The van der Waals surface area contributed by atoms with E-state index in [1.807, 2.05) is 24.3 Å². The zero-order valence-corrected chi connectivity index (χ0v) is 10.1. The van der Waals surface area contributed by atoms with E-state index in [0.29, 0.717) is 0 Å². The van der Waals surface area contributed by atoms with Gasteiger partial charge < -0.3 is 4.90 Å². The molecule has 1 amide bonds. The lowest BCUT2D eigenvalue weighted by molar-refractivity contribution is 0.0827. The van der Waals surface area contributed by atoms with Crippen LogP contribution in [0.15, 0.2) is 24.3 Å². The van der Waals surface area contributed by atoms with Crippen molar-refractivity contribution >= 4 is 11.6 Å². The number of hydrogen-bond donors (Lipinski definition) is 0. The molecular weight excluding hydrogens is 188 g/mol. The van der Waals surface area contributed by atoms with Crippen molar-refractivity contribution in [3.05, 3.63) is 29.8 Å². The molecule has 1 aromatic carbocycles. The molecule has 3 heteroatoms. The van der Waals surface area contributed by atoms with Crippen LogP contribution in [0.25, 0.3) is 0 Å². The van der Waals surface area contributed by atoms with Gasteiger partial charge in [-0.2, -0.15) is 0 Å². The van der Waals surface area contributed by atoms with Gasteiger partial charge in [-0.25, -0.2) is 0 Å². The summed E-state index contributed by atoms with van der Waals surface area (Å²) in [5.41, 5.74) is 1.92. The highest BCUT2D eigenvalue weighted by Crippen LogP contribution is 2.17. The van der Waals surface area contributed by atoms with Crippen LogP contribution in [0.2, 0.25) is 0 Å². The molecule has 0 heterocycles. The summed E-state index contributed by atoms with van der Waals surface area (Å²) in [4.78, 5) is 13.2. The highest BCUT2D eigenvalue weighted by atomic mass is 16.2. The first-order valence-corrected chi connectivity index (χ1v) is 4.96. The number of carbonyl (C=O) groups excluding carboxylic acids is 1. The van der Waals surface area contributed by atoms with Gasteiger partial charge in [0.1, 0.15) is 5.69 Å². The Morgan fingerprint density at radius 3 is 1.87 bits per heavy atom. The Labute approximate surface area is 91.5 Å². The summed E-state index contributed by atoms with van der Waals surface area (Å²) in [6.07, 6.45) is 0. The fourth-order valence-electron chi connectivity index (χ4n) is 1.31. The fraction of sp³-hybridized carbons (Fsp3) is 0.417. The predicted molar refractivity (Wildman–Crippen MR) is 64.0 cm³/mol. The average Bonchev–Trinajstić information content (AvgIpc) is 2.15. The maximum Gasteiger partial charge on any atom is 0.253 e. The molecule has 0 aliphatic rings. The summed E-state index contributed by atoms with van der Waals surface area (Å²) in [7, 11) is 9.82. The van der Waals surface area contributed by atoms with Gasteiger partial charge in [-0.3, -0.25) is 9.28 Å². The molecule has 1 rings (SSSR count). The Morgan fingerprint density at radius 2 is 1.53 bits per heavy atom. The van der Waals surface area contributed by atoms with E-state index in [0.717, 1.165) is 10.0 Å². The van der Waals surface area contributed by atoms with E-state index in [2.05, 4.69) is 21.1 Å². The third-order valence-corrected chi connectivity index (χ3v) is 2.30. The third-order valence-electron chi connectivity index (χ3n) is 2.30. The molecule has 82 valence electrons. The van der Waals surface area contributed by atoms with Gasteiger partial charge >= 0.3 is 0 Å². The summed E-state index contributed by atoms with van der Waals surface area (Å²) in [6.45, 7) is 0. The first-order chi connectivity index (χ1) is 6.82. The van der Waals surface area contributed by atoms with Gasteiger partial charge in [-0.1, -0.05) is 0 Å². The normalized spacial score (nSPS) is 11.3. The maximum absolute atomic E-state index is 11.6. The molecule has 3 nitrogen and oxygen atoms in total. The molecule has 0 N–H and O–H groups in total. The van der Waals surface area contributed by atoms with E-state index in [4.69, 9.17) is 0 Å². The number of benzene rings is 1. The highest BCUT2D eigenvalue weighted by Gasteiger charge is 2.13. The molecule has 0 aromatic heterocycles. The Bertz CT molecular complexity index is 347. The largest absolute Gasteiger partial charge is 0.345 e. The zero-order chi connectivity index (χ0) is 11.6. The van der Waals surface area contributed by atoms with Gasteiger partial charge in [0.25, 0.3) is 5.91 Å². The maximum atomic E-state index is 11.6. The van der Waals surface area contributed by atoms with Crippen molar-refractivity contribution in [3.63, 3.8) is 0 Å². The molecule has 0 aliphatic heterocycles. The number of carbonyl (C=O) groups is 1. The number of quaternary nitrogens is 1. The van der Waals surface area contributed by atoms with Crippen molar-refractivity contribution in [2.24, 2.45) is 0 Å². The lowest BCUT2D eigenvalue weighted by atomic mass is 10.1. The Morgan fingerprint density at radius 1 is 1.07 bits per heavy atom. The first-order valence-electron chi connectivity index (χ1n) is 4.96. The van der Waals surface area contributed by atoms with Crippen LogP contribution in [0, 0.1) is 0 Å². The fourth-order valence-corrected chi connectivity index (χ4v) is 1.31. The van der Waals surface area contributed by atoms with Crippen LogP contribution >= 0.6 is 0 Å². The van der Waals surface area contributed by atoms with Crippen molar-refractivity contribution in [3.8, 4) is 0 Å². The van der Waals surface area contributed by atoms with Gasteiger partial charge in [0.05, 0.1) is 21.1 Å². The van der Waals surface area contributed by atoms with Gasteiger partial charge in [0.2, 0.25) is 0 Å². The van der Waals surface area contributed by atoms with Gasteiger partial charge in [0, 0.05) is 19.7 Å². The second-order valence-corrected chi connectivity index (χ2v) is 4.76. The molecule has 0 saturated carbocycles. The van der Waals surface area contributed by atoms with E-state index >= 15 is 0 Å². The van der Waals surface area contributed by atoms with Crippen LogP contribution in [-0.4, -0.2) is 46.0 Å². The topological polar surface area (TPSA) is 20.3 Å². The Kier molecular flexibility index (Phi) is 3.15. The molecule has 0 fully saturated rings. The quantitative estimate of drug-likeness (QED) is 0.674. The van der Waals surface area contributed by atoms with Gasteiger partial charge in [-0.05, 0) is 24.3 Å². The second-order valence-electron chi connectivity index (χ2n) is 4.76. The van der Waals surface area contributed by atoms with E-state index in [-0.39, 0.29) is 5.91 Å². The molecule has 0 radical (unpaired) electrons. The van der Waals surface area contributed by atoms with Crippen molar-refractivity contribution < 1.29 is 4.79 Å². The number of nitrogens with zero attached hydrogens (tertiary/aromatic N) is 2. The predicted octanol–water partition coefficient (Wildman–Crippen LogP) is 1.59. The summed E-state index contributed by atoms with van der Waals surface area (Å²) >= 11 is 0. The summed E-state index contributed by atoms with van der Waals surface area (Å²) in [5, 5.41) is 0. The standard InChI is InChI=1S/C12H19N2O/c1-13(2)12(15)10-6-8-11(9-7-10)14(3,4)5/h6-9H,1-5H3/q+1. The van der Waals surface area contributed by atoms with Crippen molar-refractivity contribution in [2.45, 2.75) is 0 Å². The SMILES string of the molecule is CN(C)C(=O)c1ccc([N+](C)(C)C)cc1. The molecular formula is C12H19N2O+. The number of amides is 1. The second kappa shape index (κ2) is 4.03. The Balaban J connectivity index is 2.96. The van der Waals surface area contributed by atoms with E-state index in [1.165, 1.54) is 5.69 Å². The van der Waals surface area contributed by atoms with Crippen LogP contribution in [0.1, 0.15) is 10.4 Å². The number of hydrogen-bond acceptors (Lipinski definition) is 1. The van der Waals surface area contributed by atoms with Gasteiger partial charge in [0.15, 0.2) is 0 Å². The monoisotopic (exact) mass is 207 g/mol. The van der Waals surface area contributed by atoms with Crippen molar-refractivity contribution in [1.82, 2.24) is 9.38 Å². The zero-order valence-electron chi connectivity index (χ0n) is 10.1. The van der Waals surface area contributed by atoms with Crippen LogP contribution in [0.5, 0.6) is 0 Å². The highest BCUT2D eigenvalue weighted by molar-refractivity contribution is 5.94. The van der Waals surface area contributed by atoms with Gasteiger partial charge in [-0.15, -0.1) is 0 Å². The molecule has 1 aromatic rings. The van der Waals surface area contributed by atoms with E-state index in [1.54, 1.807) is 19.0 Å². The van der Waals surface area contributed by atoms with Crippen LogP contribution in [0.3, 0.4) is 0 Å². The molecule has 0 unspecified atom stereocenters. The molecule has 0 bridgehead atoms. The van der Waals surface area contributed by atoms with Crippen LogP contribution < -0.4 is 4.48 Å². The summed E-state index contributed by atoms with van der Waals surface area (Å²) in [5.74, 6) is 0.0444. The number of rotatable bonds is 2. The summed E-state index contributed by atoms with van der Waals surface area (Å²) in [6, 6.07) is 7.75. The lowest BCUT2D eigenvalue weighted by Gasteiger charge is -2.23. The third kappa shape index (κ3) is 2.80. The minimum atomic E-state index is 0.0444. The van der Waals surface area contributed by atoms with Crippen molar-refractivity contribution in [1.29, 1.82) is 0 Å². The first kappa shape index (κ1) is 11.7. The average molecular weight is 207 g/mol. The molecule has 0 aliphatic carbocycles. The smallest absolute Gasteiger partial charge is 0.253 e. The van der Waals surface area contributed by atoms with Crippen LogP contribution in [-0.2, 0) is 0 Å². The van der Waals surface area contributed by atoms with Crippen LogP contribution in [0.4, 0.5) is 5.69 Å². The Hall–Kier alpha value is -1.35. The lowest BCUT2D eigenvalue weighted by Crippen LogP contribution is -2.34. The van der Waals surface area contributed by atoms with E-state index < -0.39 is 0 Å². The molecule has 15 heavy (non-hydrogen) atoms. The molecule has 0 atom stereocenters. The molecule has 0 saturated heterocycles. The van der Waals surface area contributed by atoms with E-state index in [9.17, 15) is 4.79 Å².